The molecule has 2 aromatic rings. The van der Waals surface area contributed by atoms with Crippen LogP contribution in [0.5, 0.6) is 0 Å². The quantitative estimate of drug-likeness (QED) is 0.827. The monoisotopic (exact) mass is 301 g/mol. The lowest BCUT2D eigenvalue weighted by atomic mass is 9.84. The zero-order valence-electron chi connectivity index (χ0n) is 12.4. The molecule has 0 bridgehead atoms. The van der Waals surface area contributed by atoms with Crippen molar-refractivity contribution in [2.45, 2.75) is 25.1 Å². The van der Waals surface area contributed by atoms with Gasteiger partial charge in [-0.2, -0.15) is 0 Å². The Kier molecular flexibility index (Phi) is 5.03. The highest BCUT2D eigenvalue weighted by Crippen LogP contribution is 2.21. The van der Waals surface area contributed by atoms with Crippen molar-refractivity contribution < 1.29 is 4.79 Å². The van der Waals surface area contributed by atoms with Crippen LogP contribution < -0.4 is 5.32 Å². The molecule has 0 atom stereocenters. The minimum absolute atomic E-state index is 0.0639. The van der Waals surface area contributed by atoms with E-state index in [9.17, 15) is 4.79 Å². The van der Waals surface area contributed by atoms with E-state index in [0.29, 0.717) is 18.0 Å². The zero-order valence-corrected chi connectivity index (χ0v) is 13.2. The molecule has 0 aliphatic rings. The average molecular weight is 302 g/mol. The van der Waals surface area contributed by atoms with Gasteiger partial charge in [0, 0.05) is 23.4 Å². The van der Waals surface area contributed by atoms with Gasteiger partial charge >= 0.3 is 0 Å². The molecule has 0 saturated heterocycles. The number of alkyl halides is 1. The van der Waals surface area contributed by atoms with Gasteiger partial charge in [0.2, 0.25) is 0 Å². The average Bonchev–Trinajstić information content (AvgIpc) is 2.53. The third kappa shape index (κ3) is 4.08. The van der Waals surface area contributed by atoms with Crippen LogP contribution in [0.25, 0.3) is 0 Å². The fourth-order valence-electron chi connectivity index (χ4n) is 2.19. The molecule has 0 heterocycles. The Balaban J connectivity index is 2.03. The van der Waals surface area contributed by atoms with Crippen molar-refractivity contribution in [2.75, 3.05) is 6.54 Å². The summed E-state index contributed by atoms with van der Waals surface area (Å²) in [5, 5.41) is 3.01. The number of halogens is 1. The van der Waals surface area contributed by atoms with Crippen molar-refractivity contribution >= 4 is 17.5 Å². The first-order chi connectivity index (χ1) is 10.0. The van der Waals surface area contributed by atoms with E-state index in [2.05, 4.69) is 31.3 Å². The minimum Gasteiger partial charge on any atom is -0.351 e. The van der Waals surface area contributed by atoms with Crippen molar-refractivity contribution in [3.05, 3.63) is 71.3 Å². The molecule has 0 aromatic heterocycles. The van der Waals surface area contributed by atoms with Crippen molar-refractivity contribution in [3.8, 4) is 0 Å². The SMILES string of the molecule is CC(C)(CNC(=O)c1cccc(CCl)c1)c1ccccc1. The first-order valence-electron chi connectivity index (χ1n) is 7.01. The Morgan fingerprint density at radius 2 is 1.81 bits per heavy atom. The summed E-state index contributed by atoms with van der Waals surface area (Å²) in [6.07, 6.45) is 0. The number of hydrogen-bond donors (Lipinski definition) is 1. The molecule has 21 heavy (non-hydrogen) atoms. The van der Waals surface area contributed by atoms with E-state index in [1.54, 1.807) is 6.07 Å². The molecule has 0 aliphatic carbocycles. The Labute approximate surface area is 131 Å². The van der Waals surface area contributed by atoms with Crippen LogP contribution in [0, 0.1) is 0 Å². The third-order valence-electron chi connectivity index (χ3n) is 3.59. The second kappa shape index (κ2) is 6.77. The number of nitrogens with one attached hydrogen (secondary N) is 1. The second-order valence-electron chi connectivity index (χ2n) is 5.77. The Bertz CT molecular complexity index is 608. The van der Waals surface area contributed by atoms with Gasteiger partial charge in [0.25, 0.3) is 5.91 Å². The van der Waals surface area contributed by atoms with Crippen LogP contribution in [0.1, 0.15) is 35.3 Å². The molecule has 0 saturated carbocycles. The van der Waals surface area contributed by atoms with Gasteiger partial charge < -0.3 is 5.32 Å². The van der Waals surface area contributed by atoms with Crippen LogP contribution in [-0.2, 0) is 11.3 Å². The van der Waals surface area contributed by atoms with Gasteiger partial charge in [-0.15, -0.1) is 11.6 Å². The molecule has 2 nitrogen and oxygen atoms in total. The minimum atomic E-state index is -0.110. The Morgan fingerprint density at radius 1 is 1.10 bits per heavy atom. The molecule has 110 valence electrons. The second-order valence-corrected chi connectivity index (χ2v) is 6.03. The summed E-state index contributed by atoms with van der Waals surface area (Å²) in [6.45, 7) is 4.83. The standard InChI is InChI=1S/C18H20ClNO/c1-18(2,16-9-4-3-5-10-16)13-20-17(21)15-8-6-7-14(11-15)12-19/h3-11H,12-13H2,1-2H3,(H,20,21). The predicted octanol–water partition coefficient (Wildman–Crippen LogP) is 4.13. The van der Waals surface area contributed by atoms with Crippen molar-refractivity contribution in [2.24, 2.45) is 0 Å². The normalized spacial score (nSPS) is 11.2. The number of amides is 1. The maximum atomic E-state index is 12.2. The summed E-state index contributed by atoms with van der Waals surface area (Å²) < 4.78 is 0. The van der Waals surface area contributed by atoms with E-state index >= 15 is 0 Å². The highest BCUT2D eigenvalue weighted by molar-refractivity contribution is 6.17. The molecule has 2 rings (SSSR count). The van der Waals surface area contributed by atoms with E-state index < -0.39 is 0 Å². The summed E-state index contributed by atoms with van der Waals surface area (Å²) in [5.41, 5.74) is 2.70. The van der Waals surface area contributed by atoms with Crippen LogP contribution in [0.15, 0.2) is 54.6 Å². The number of hydrogen-bond acceptors (Lipinski definition) is 1. The molecular weight excluding hydrogens is 282 g/mol. The van der Waals surface area contributed by atoms with Crippen LogP contribution in [0.4, 0.5) is 0 Å². The van der Waals surface area contributed by atoms with Gasteiger partial charge in [-0.25, -0.2) is 0 Å². The molecule has 2 aromatic carbocycles. The van der Waals surface area contributed by atoms with Gasteiger partial charge in [0.15, 0.2) is 0 Å². The molecule has 0 fully saturated rings. The molecule has 0 spiro atoms. The number of carbonyl (C=O) groups is 1. The first kappa shape index (κ1) is 15.6. The van der Waals surface area contributed by atoms with Gasteiger partial charge in [-0.1, -0.05) is 56.3 Å². The van der Waals surface area contributed by atoms with Crippen LogP contribution >= 0.6 is 11.6 Å². The third-order valence-corrected chi connectivity index (χ3v) is 3.90. The molecule has 1 N–H and O–H groups in total. The highest BCUT2D eigenvalue weighted by Gasteiger charge is 2.21. The van der Waals surface area contributed by atoms with E-state index in [-0.39, 0.29) is 11.3 Å². The number of benzene rings is 2. The topological polar surface area (TPSA) is 29.1 Å². The predicted molar refractivity (Wildman–Crippen MR) is 87.8 cm³/mol. The molecular formula is C18H20ClNO. The Hall–Kier alpha value is -1.80. The fraction of sp³-hybridized carbons (Fsp3) is 0.278. The molecule has 0 aliphatic heterocycles. The van der Waals surface area contributed by atoms with Gasteiger partial charge in [0.1, 0.15) is 0 Å². The molecule has 3 heteroatoms. The van der Waals surface area contributed by atoms with Gasteiger partial charge in [0.05, 0.1) is 0 Å². The maximum Gasteiger partial charge on any atom is 0.251 e. The van der Waals surface area contributed by atoms with Gasteiger partial charge in [-0.3, -0.25) is 4.79 Å². The summed E-state index contributed by atoms with van der Waals surface area (Å²) in [6, 6.07) is 17.6. The van der Waals surface area contributed by atoms with Crippen molar-refractivity contribution in [3.63, 3.8) is 0 Å². The lowest BCUT2D eigenvalue weighted by molar-refractivity contribution is 0.0945. The van der Waals surface area contributed by atoms with E-state index in [0.717, 1.165) is 5.56 Å². The largest absolute Gasteiger partial charge is 0.351 e. The number of rotatable bonds is 5. The van der Waals surface area contributed by atoms with Crippen LogP contribution in [0.3, 0.4) is 0 Å². The maximum absolute atomic E-state index is 12.2. The van der Waals surface area contributed by atoms with E-state index in [4.69, 9.17) is 11.6 Å². The van der Waals surface area contributed by atoms with E-state index in [1.807, 2.05) is 36.4 Å². The molecule has 0 unspecified atom stereocenters. The summed E-state index contributed by atoms with van der Waals surface area (Å²) in [7, 11) is 0. The Morgan fingerprint density at radius 3 is 2.48 bits per heavy atom. The van der Waals surface area contributed by atoms with Crippen LogP contribution in [0.2, 0.25) is 0 Å². The van der Waals surface area contributed by atoms with E-state index in [1.165, 1.54) is 5.56 Å². The lowest BCUT2D eigenvalue weighted by Crippen LogP contribution is -2.36. The van der Waals surface area contributed by atoms with Crippen molar-refractivity contribution in [1.82, 2.24) is 5.32 Å². The number of carbonyl (C=O) groups excluding carboxylic acids is 1. The lowest BCUT2D eigenvalue weighted by Gasteiger charge is -2.25. The summed E-state index contributed by atoms with van der Waals surface area (Å²) >= 11 is 5.80. The summed E-state index contributed by atoms with van der Waals surface area (Å²) in [5.74, 6) is 0.349. The van der Waals surface area contributed by atoms with Gasteiger partial charge in [-0.05, 0) is 23.3 Å². The van der Waals surface area contributed by atoms with Crippen LogP contribution in [-0.4, -0.2) is 12.5 Å². The highest BCUT2D eigenvalue weighted by atomic mass is 35.5. The summed E-state index contributed by atoms with van der Waals surface area (Å²) in [4.78, 5) is 12.2. The smallest absolute Gasteiger partial charge is 0.251 e. The van der Waals surface area contributed by atoms with Crippen molar-refractivity contribution in [1.29, 1.82) is 0 Å². The molecule has 1 amide bonds. The molecule has 0 radical (unpaired) electrons. The fourth-order valence-corrected chi connectivity index (χ4v) is 2.36. The first-order valence-corrected chi connectivity index (χ1v) is 7.55. The zero-order chi connectivity index (χ0) is 15.3.